The van der Waals surface area contributed by atoms with E-state index in [0.29, 0.717) is 5.56 Å². The van der Waals surface area contributed by atoms with E-state index in [1.807, 2.05) is 0 Å². The number of fused-ring (bicyclic) bond motifs is 1. The Bertz CT molecular complexity index is 1120. The van der Waals surface area contributed by atoms with E-state index in [4.69, 9.17) is 4.74 Å². The van der Waals surface area contributed by atoms with Crippen LogP contribution in [0.4, 0.5) is 0 Å². The van der Waals surface area contributed by atoms with Crippen LogP contribution in [0.25, 0.3) is 0 Å². The number of nitrogens with zero attached hydrogens (tertiary/aromatic N) is 1. The molecular formula is C20H19NO6S2. The molecule has 9 heteroatoms. The SMILES string of the molecule is CC(C)(C)C(OC1=CC(=NS(=O)(=O)c2cccs2)c2ccccc2C1=O)C(=O)O. The summed E-state index contributed by atoms with van der Waals surface area (Å²) in [6.45, 7) is 5.01. The molecule has 3 rings (SSSR count). The van der Waals surface area contributed by atoms with E-state index in [9.17, 15) is 23.1 Å². The van der Waals surface area contributed by atoms with Crippen molar-refractivity contribution in [2.45, 2.75) is 31.1 Å². The van der Waals surface area contributed by atoms with Crippen molar-refractivity contribution in [2.75, 3.05) is 0 Å². The van der Waals surface area contributed by atoms with Crippen molar-refractivity contribution in [2.24, 2.45) is 9.81 Å². The van der Waals surface area contributed by atoms with Gasteiger partial charge < -0.3 is 9.84 Å². The highest BCUT2D eigenvalue weighted by Gasteiger charge is 2.37. The second-order valence-corrected chi connectivity index (χ2v) is 10.2. The van der Waals surface area contributed by atoms with Gasteiger partial charge in [-0.05, 0) is 11.4 Å². The van der Waals surface area contributed by atoms with Crippen LogP contribution < -0.4 is 0 Å². The molecule has 0 spiro atoms. The summed E-state index contributed by atoms with van der Waals surface area (Å²) in [6, 6.07) is 9.43. The molecular weight excluding hydrogens is 414 g/mol. The standard InChI is InChI=1S/C20H19NO6S2/c1-20(2,3)18(19(23)24)27-15-11-14(12-7-4-5-8-13(12)17(15)22)21-29(25,26)16-9-6-10-28-16/h4-11,18H,1-3H3,(H,23,24). The first-order valence-electron chi connectivity index (χ1n) is 8.64. The van der Waals surface area contributed by atoms with Gasteiger partial charge in [0.2, 0.25) is 11.9 Å². The van der Waals surface area contributed by atoms with Gasteiger partial charge in [0.05, 0.1) is 5.71 Å². The van der Waals surface area contributed by atoms with Gasteiger partial charge >= 0.3 is 5.97 Å². The summed E-state index contributed by atoms with van der Waals surface area (Å²) >= 11 is 1.03. The lowest BCUT2D eigenvalue weighted by molar-refractivity contribution is -0.153. The summed E-state index contributed by atoms with van der Waals surface area (Å²) < 4.78 is 34.8. The Kier molecular flexibility index (Phi) is 5.46. The average Bonchev–Trinajstić information content (AvgIpc) is 3.17. The number of benzene rings is 1. The first kappa shape index (κ1) is 20.9. The molecule has 7 nitrogen and oxygen atoms in total. The second-order valence-electron chi connectivity index (χ2n) is 7.47. The fraction of sp³-hybridized carbons (Fsp3) is 0.250. The highest BCUT2D eigenvalue weighted by Crippen LogP contribution is 2.30. The molecule has 1 aromatic heterocycles. The first-order chi connectivity index (χ1) is 13.5. The number of carboxylic acids is 1. The van der Waals surface area contributed by atoms with E-state index in [2.05, 4.69) is 4.40 Å². The molecule has 1 atom stereocenters. The number of ether oxygens (including phenoxy) is 1. The van der Waals surface area contributed by atoms with Crippen LogP contribution in [-0.4, -0.2) is 37.1 Å². The van der Waals surface area contributed by atoms with Gasteiger partial charge in [0.1, 0.15) is 4.21 Å². The van der Waals surface area contributed by atoms with Crippen molar-refractivity contribution < 1.29 is 27.9 Å². The summed E-state index contributed by atoms with van der Waals surface area (Å²) in [5, 5.41) is 11.1. The third kappa shape index (κ3) is 4.30. The number of carbonyl (C=O) groups excluding carboxylic acids is 1. The molecule has 2 aromatic rings. The zero-order valence-electron chi connectivity index (χ0n) is 15.9. The van der Waals surface area contributed by atoms with Crippen LogP contribution in [0.3, 0.4) is 0 Å². The largest absolute Gasteiger partial charge is 0.478 e. The van der Waals surface area contributed by atoms with Gasteiger partial charge in [0.15, 0.2) is 5.76 Å². The molecule has 0 saturated carbocycles. The Morgan fingerprint density at radius 1 is 1.14 bits per heavy atom. The number of rotatable bonds is 5. The molecule has 1 aliphatic rings. The minimum atomic E-state index is -3.99. The maximum Gasteiger partial charge on any atom is 0.345 e. The Morgan fingerprint density at radius 3 is 2.34 bits per heavy atom. The van der Waals surface area contributed by atoms with E-state index in [1.165, 1.54) is 18.2 Å². The summed E-state index contributed by atoms with van der Waals surface area (Å²) in [6.07, 6.45) is -0.115. The maximum absolute atomic E-state index is 12.9. The Morgan fingerprint density at radius 2 is 1.79 bits per heavy atom. The number of thiophene rings is 1. The topological polar surface area (TPSA) is 110 Å². The average molecular weight is 434 g/mol. The van der Waals surface area contributed by atoms with Gasteiger partial charge in [-0.2, -0.15) is 12.8 Å². The van der Waals surface area contributed by atoms with Crippen molar-refractivity contribution in [3.63, 3.8) is 0 Å². The van der Waals surface area contributed by atoms with Gasteiger partial charge in [0.25, 0.3) is 10.0 Å². The maximum atomic E-state index is 12.9. The molecule has 1 aliphatic carbocycles. The normalized spacial score (nSPS) is 16.9. The molecule has 1 unspecified atom stereocenters. The molecule has 0 radical (unpaired) electrons. The monoisotopic (exact) mass is 433 g/mol. The lowest BCUT2D eigenvalue weighted by atomic mass is 9.88. The molecule has 29 heavy (non-hydrogen) atoms. The number of Topliss-reactive ketones (excluding diaryl/α,β-unsaturated/α-hetero) is 1. The van der Waals surface area contributed by atoms with Gasteiger partial charge in [-0.3, -0.25) is 4.79 Å². The van der Waals surface area contributed by atoms with Crippen molar-refractivity contribution >= 4 is 38.8 Å². The fourth-order valence-corrected chi connectivity index (χ4v) is 4.74. The van der Waals surface area contributed by atoms with E-state index < -0.39 is 33.3 Å². The Hall–Kier alpha value is -2.78. The summed E-state index contributed by atoms with van der Waals surface area (Å²) in [5.74, 6) is -2.01. The number of hydrogen-bond donors (Lipinski definition) is 1. The third-order valence-electron chi connectivity index (χ3n) is 4.16. The first-order valence-corrected chi connectivity index (χ1v) is 11.0. The van der Waals surface area contributed by atoms with Gasteiger partial charge in [0, 0.05) is 22.6 Å². The number of allylic oxidation sites excluding steroid dienone is 2. The smallest absolute Gasteiger partial charge is 0.345 e. The summed E-state index contributed by atoms with van der Waals surface area (Å²) in [5.41, 5.74) is -0.248. The molecule has 0 fully saturated rings. The van der Waals surface area contributed by atoms with Crippen LogP contribution in [0.15, 0.2) is 62.2 Å². The third-order valence-corrected chi connectivity index (χ3v) is 6.83. The van der Waals surface area contributed by atoms with E-state index in [-0.39, 0.29) is 21.2 Å². The molecule has 0 amide bonds. The van der Waals surface area contributed by atoms with Crippen molar-refractivity contribution in [3.05, 3.63) is 64.7 Å². The number of carboxylic acid groups (broad SMARTS) is 1. The molecule has 0 aliphatic heterocycles. The molecule has 1 N–H and O–H groups in total. The lowest BCUT2D eigenvalue weighted by Gasteiger charge is -2.29. The number of ketones is 1. The predicted molar refractivity (Wildman–Crippen MR) is 109 cm³/mol. The molecule has 0 saturated heterocycles. The second kappa shape index (κ2) is 7.57. The number of carbonyl (C=O) groups is 2. The zero-order valence-corrected chi connectivity index (χ0v) is 17.6. The zero-order chi connectivity index (χ0) is 21.4. The van der Waals surface area contributed by atoms with E-state index in [1.54, 1.807) is 50.4 Å². The Balaban J connectivity index is 2.13. The molecule has 1 aromatic carbocycles. The highest BCUT2D eigenvalue weighted by atomic mass is 32.2. The number of hydrogen-bond acceptors (Lipinski definition) is 6. The molecule has 152 valence electrons. The predicted octanol–water partition coefficient (Wildman–Crippen LogP) is 3.52. The van der Waals surface area contributed by atoms with Crippen molar-refractivity contribution in [3.8, 4) is 0 Å². The van der Waals surface area contributed by atoms with E-state index >= 15 is 0 Å². The van der Waals surface area contributed by atoms with Gasteiger partial charge in [-0.25, -0.2) is 4.79 Å². The van der Waals surface area contributed by atoms with Crippen LogP contribution in [0.1, 0.15) is 36.7 Å². The number of sulfonamides is 1. The van der Waals surface area contributed by atoms with Gasteiger partial charge in [-0.15, -0.1) is 11.3 Å². The molecule has 0 bridgehead atoms. The van der Waals surface area contributed by atoms with Crippen LogP contribution in [-0.2, 0) is 19.6 Å². The fourth-order valence-electron chi connectivity index (χ4n) is 2.78. The van der Waals surface area contributed by atoms with E-state index in [0.717, 1.165) is 11.3 Å². The van der Waals surface area contributed by atoms with Crippen LogP contribution in [0, 0.1) is 5.41 Å². The lowest BCUT2D eigenvalue weighted by Crippen LogP contribution is -2.38. The van der Waals surface area contributed by atoms with Crippen LogP contribution >= 0.6 is 11.3 Å². The minimum Gasteiger partial charge on any atom is -0.478 e. The summed E-state index contributed by atoms with van der Waals surface area (Å²) in [4.78, 5) is 24.5. The quantitative estimate of drug-likeness (QED) is 0.772. The Labute approximate surface area is 172 Å². The minimum absolute atomic E-state index is 0.0154. The highest BCUT2D eigenvalue weighted by molar-refractivity contribution is 7.92. The summed E-state index contributed by atoms with van der Waals surface area (Å²) in [7, 11) is -3.99. The van der Waals surface area contributed by atoms with Gasteiger partial charge in [-0.1, -0.05) is 51.1 Å². The van der Waals surface area contributed by atoms with Crippen LogP contribution in [0.2, 0.25) is 0 Å². The molecule has 1 heterocycles. The van der Waals surface area contributed by atoms with Crippen LogP contribution in [0.5, 0.6) is 0 Å². The number of aliphatic carboxylic acids is 1. The van der Waals surface area contributed by atoms with Crippen molar-refractivity contribution in [1.82, 2.24) is 0 Å². The van der Waals surface area contributed by atoms with Crippen molar-refractivity contribution in [1.29, 1.82) is 0 Å².